The van der Waals surface area contributed by atoms with Crippen molar-refractivity contribution < 1.29 is 0 Å². The molecule has 0 bridgehead atoms. The van der Waals surface area contributed by atoms with Crippen LogP contribution in [-0.4, -0.2) is 11.6 Å². The third-order valence-electron chi connectivity index (χ3n) is 0.603. The zero-order valence-electron chi connectivity index (χ0n) is 3.60. The molecule has 0 fully saturated rings. The molecular formula is C2H6N4S. The molecule has 7 heavy (non-hydrogen) atoms. The summed E-state index contributed by atoms with van der Waals surface area (Å²) in [4.78, 5) is 0. The van der Waals surface area contributed by atoms with Gasteiger partial charge in [-0.05, 0) is 0 Å². The summed E-state index contributed by atoms with van der Waals surface area (Å²) in [5.41, 5.74) is 7.79. The van der Waals surface area contributed by atoms with Crippen molar-refractivity contribution in [3.05, 3.63) is 0 Å². The van der Waals surface area contributed by atoms with Crippen LogP contribution in [0.4, 0.5) is 0 Å². The molecule has 0 radical (unpaired) electrons. The summed E-state index contributed by atoms with van der Waals surface area (Å²) in [6, 6.07) is 0. The Morgan fingerprint density at radius 3 is 2.86 bits per heavy atom. The van der Waals surface area contributed by atoms with Gasteiger partial charge in [0.2, 0.25) is 0 Å². The van der Waals surface area contributed by atoms with Gasteiger partial charge in [-0.3, -0.25) is 5.43 Å². The average Bonchev–Trinajstić information content (AvgIpc) is 2.14. The first kappa shape index (κ1) is 4.73. The highest BCUT2D eigenvalue weighted by Crippen LogP contribution is 1.77. The van der Waals surface area contributed by atoms with Crippen molar-refractivity contribution in [2.45, 2.75) is 0 Å². The zero-order chi connectivity index (χ0) is 5.11. The standard InChI is InChI=1S/C2H6N4S/c7-1-2-3-5-6-4-2/h5-7H,1H2,(H,3,4). The minimum atomic E-state index is 0.625. The lowest BCUT2D eigenvalue weighted by atomic mass is 10.7. The summed E-state index contributed by atoms with van der Waals surface area (Å²) in [7, 11) is 0. The van der Waals surface area contributed by atoms with Crippen molar-refractivity contribution in [1.82, 2.24) is 16.5 Å². The van der Waals surface area contributed by atoms with E-state index in [-0.39, 0.29) is 0 Å². The maximum absolute atomic E-state index is 3.94. The van der Waals surface area contributed by atoms with E-state index < -0.39 is 0 Å². The SMILES string of the molecule is SCC1=NNNN1. The zero-order valence-corrected chi connectivity index (χ0v) is 4.50. The van der Waals surface area contributed by atoms with Gasteiger partial charge in [-0.15, -0.1) is 10.6 Å². The lowest BCUT2D eigenvalue weighted by Gasteiger charge is -1.90. The first-order valence-corrected chi connectivity index (χ1v) is 2.50. The molecule has 0 aliphatic carbocycles. The Morgan fingerprint density at radius 1 is 1.71 bits per heavy atom. The van der Waals surface area contributed by atoms with E-state index in [4.69, 9.17) is 0 Å². The highest BCUT2D eigenvalue weighted by molar-refractivity contribution is 7.81. The quantitative estimate of drug-likeness (QED) is 0.329. The summed E-state index contributed by atoms with van der Waals surface area (Å²) in [6.07, 6.45) is 0. The molecule has 0 spiro atoms. The molecule has 0 atom stereocenters. The van der Waals surface area contributed by atoms with Gasteiger partial charge in [0.15, 0.2) is 0 Å². The van der Waals surface area contributed by atoms with E-state index >= 15 is 0 Å². The Balaban J connectivity index is 2.36. The molecule has 0 unspecified atom stereocenters. The minimum Gasteiger partial charge on any atom is -0.288 e. The third kappa shape index (κ3) is 0.971. The van der Waals surface area contributed by atoms with Gasteiger partial charge < -0.3 is 0 Å². The van der Waals surface area contributed by atoms with Gasteiger partial charge >= 0.3 is 0 Å². The predicted octanol–water partition coefficient (Wildman–Crippen LogP) is -1.16. The fourth-order valence-corrected chi connectivity index (χ4v) is 0.448. The Bertz CT molecular complexity index is 89.7. The fourth-order valence-electron chi connectivity index (χ4n) is 0.298. The van der Waals surface area contributed by atoms with Crippen LogP contribution in [0.15, 0.2) is 5.10 Å². The van der Waals surface area contributed by atoms with Gasteiger partial charge in [-0.25, -0.2) is 5.53 Å². The van der Waals surface area contributed by atoms with Crippen LogP contribution in [0.5, 0.6) is 0 Å². The highest BCUT2D eigenvalue weighted by Gasteiger charge is 1.97. The lowest BCUT2D eigenvalue weighted by Crippen LogP contribution is -2.35. The molecule has 0 amide bonds. The summed E-state index contributed by atoms with van der Waals surface area (Å²) in [6.45, 7) is 0. The van der Waals surface area contributed by atoms with Crippen LogP contribution < -0.4 is 16.5 Å². The third-order valence-corrected chi connectivity index (χ3v) is 0.903. The molecule has 0 saturated heterocycles. The number of nitrogens with zero attached hydrogens (tertiary/aromatic N) is 1. The van der Waals surface area contributed by atoms with E-state index in [0.717, 1.165) is 5.84 Å². The Labute approximate surface area is 46.7 Å². The highest BCUT2D eigenvalue weighted by atomic mass is 32.1. The second-order valence-corrected chi connectivity index (χ2v) is 1.39. The Kier molecular flexibility index (Phi) is 1.38. The number of nitrogens with one attached hydrogen (secondary N) is 3. The average molecular weight is 118 g/mol. The molecule has 1 aliphatic heterocycles. The van der Waals surface area contributed by atoms with Crippen molar-refractivity contribution in [2.75, 3.05) is 5.75 Å². The number of rotatable bonds is 1. The summed E-state index contributed by atoms with van der Waals surface area (Å²) >= 11 is 3.94. The molecule has 0 aromatic heterocycles. The number of amidine groups is 1. The van der Waals surface area contributed by atoms with E-state index in [1.807, 2.05) is 0 Å². The normalized spacial score (nSPS) is 17.6. The van der Waals surface area contributed by atoms with Crippen LogP contribution in [-0.2, 0) is 0 Å². The molecule has 4 nitrogen and oxygen atoms in total. The molecule has 0 aromatic rings. The van der Waals surface area contributed by atoms with Crippen molar-refractivity contribution in [1.29, 1.82) is 0 Å². The molecular weight excluding hydrogens is 112 g/mol. The number of hydrogen-bond acceptors (Lipinski definition) is 5. The summed E-state index contributed by atoms with van der Waals surface area (Å²) in [5, 5.41) is 3.72. The van der Waals surface area contributed by atoms with E-state index in [1.54, 1.807) is 0 Å². The van der Waals surface area contributed by atoms with Gasteiger partial charge in [0, 0.05) is 0 Å². The Hall–Kier alpha value is -0.420. The number of hydrazine groups is 2. The van der Waals surface area contributed by atoms with E-state index in [9.17, 15) is 0 Å². The van der Waals surface area contributed by atoms with Gasteiger partial charge in [0.1, 0.15) is 5.84 Å². The van der Waals surface area contributed by atoms with Crippen LogP contribution in [0.25, 0.3) is 0 Å². The second-order valence-electron chi connectivity index (χ2n) is 1.08. The van der Waals surface area contributed by atoms with Gasteiger partial charge in [-0.2, -0.15) is 12.6 Å². The first-order valence-electron chi connectivity index (χ1n) is 1.87. The minimum absolute atomic E-state index is 0.625. The molecule has 0 saturated carbocycles. The summed E-state index contributed by atoms with van der Waals surface area (Å²) in [5.74, 6) is 1.43. The van der Waals surface area contributed by atoms with Crippen molar-refractivity contribution in [3.63, 3.8) is 0 Å². The van der Waals surface area contributed by atoms with Crippen LogP contribution in [0.2, 0.25) is 0 Å². The number of hydrazone groups is 1. The molecule has 3 N–H and O–H groups in total. The second kappa shape index (κ2) is 2.04. The van der Waals surface area contributed by atoms with Gasteiger partial charge in [0.05, 0.1) is 5.75 Å². The van der Waals surface area contributed by atoms with Crippen LogP contribution >= 0.6 is 12.6 Å². The molecule has 0 aromatic carbocycles. The fraction of sp³-hybridized carbons (Fsp3) is 0.500. The van der Waals surface area contributed by atoms with Gasteiger partial charge in [-0.1, -0.05) is 0 Å². The molecule has 5 heteroatoms. The number of hydrogen-bond donors (Lipinski definition) is 4. The van der Waals surface area contributed by atoms with Crippen LogP contribution in [0.3, 0.4) is 0 Å². The van der Waals surface area contributed by atoms with Crippen molar-refractivity contribution in [3.8, 4) is 0 Å². The monoisotopic (exact) mass is 118 g/mol. The van der Waals surface area contributed by atoms with E-state index in [2.05, 4.69) is 34.2 Å². The van der Waals surface area contributed by atoms with E-state index in [0.29, 0.717) is 5.75 Å². The maximum Gasteiger partial charge on any atom is 0.149 e. The van der Waals surface area contributed by atoms with Crippen molar-refractivity contribution >= 4 is 18.5 Å². The predicted molar refractivity (Wildman–Crippen MR) is 30.7 cm³/mol. The number of thiol groups is 1. The lowest BCUT2D eigenvalue weighted by molar-refractivity contribution is 0.577. The molecule has 1 aliphatic rings. The Morgan fingerprint density at radius 2 is 2.57 bits per heavy atom. The van der Waals surface area contributed by atoms with Crippen molar-refractivity contribution in [2.24, 2.45) is 5.10 Å². The molecule has 40 valence electrons. The smallest absolute Gasteiger partial charge is 0.149 e. The van der Waals surface area contributed by atoms with Crippen LogP contribution in [0, 0.1) is 0 Å². The first-order chi connectivity index (χ1) is 3.43. The topological polar surface area (TPSA) is 48.5 Å². The summed E-state index contributed by atoms with van der Waals surface area (Å²) < 4.78 is 0. The molecule has 1 rings (SSSR count). The largest absolute Gasteiger partial charge is 0.288 e. The maximum atomic E-state index is 3.94. The van der Waals surface area contributed by atoms with E-state index in [1.165, 1.54) is 0 Å². The van der Waals surface area contributed by atoms with Gasteiger partial charge in [0.25, 0.3) is 0 Å². The molecule has 1 heterocycles. The van der Waals surface area contributed by atoms with Crippen LogP contribution in [0.1, 0.15) is 0 Å².